The van der Waals surface area contributed by atoms with Crippen LogP contribution >= 0.6 is 0 Å². The van der Waals surface area contributed by atoms with Gasteiger partial charge in [-0.15, -0.1) is 0 Å². The molecule has 0 radical (unpaired) electrons. The zero-order valence-electron chi connectivity index (χ0n) is 9.88. The van der Waals surface area contributed by atoms with Crippen LogP contribution in [-0.2, 0) is 14.9 Å². The maximum absolute atomic E-state index is 10.7. The summed E-state index contributed by atoms with van der Waals surface area (Å²) in [6, 6.07) is 6.74. The number of carbonyl (C=O) groups is 1. The zero-order valence-corrected chi connectivity index (χ0v) is 10.7. The molecule has 110 valence electrons. The molecule has 0 aliphatic carbocycles. The number of carbonyl (C=O) groups excluding carboxylic acids is 1. The van der Waals surface area contributed by atoms with Gasteiger partial charge in [0, 0.05) is 13.0 Å². The molecule has 0 heterocycles. The number of anilines is 1. The Hall–Kier alpha value is -2.19. The van der Waals surface area contributed by atoms with Crippen LogP contribution in [0.3, 0.4) is 0 Å². The van der Waals surface area contributed by atoms with Crippen molar-refractivity contribution in [2.45, 2.75) is 12.4 Å². The molecule has 1 aromatic rings. The maximum atomic E-state index is 10.7. The standard InChI is InChI=1S/C8H7N3O.CHF3O3S/c1-6(12)10-7-4-2-3-5-8(7)11-9;2-1(3,4)8(5,6)7/h2-5H,1H3;(H,5,6,7). The van der Waals surface area contributed by atoms with E-state index in [9.17, 15) is 18.0 Å². The van der Waals surface area contributed by atoms with Gasteiger partial charge in [0.1, 0.15) is 5.69 Å². The molecule has 0 aromatic heterocycles. The lowest BCUT2D eigenvalue weighted by atomic mass is 10.3. The second kappa shape index (κ2) is 6.83. The van der Waals surface area contributed by atoms with Gasteiger partial charge in [0.25, 0.3) is 0 Å². The Morgan fingerprint density at radius 1 is 1.35 bits per heavy atom. The Labute approximate surface area is 111 Å². The highest BCUT2D eigenvalue weighted by molar-refractivity contribution is 7.86. The minimum atomic E-state index is -6.09. The van der Waals surface area contributed by atoms with Gasteiger partial charge in [-0.1, -0.05) is 12.1 Å². The Balaban J connectivity index is 0.000000396. The Morgan fingerprint density at radius 3 is 2.15 bits per heavy atom. The summed E-state index contributed by atoms with van der Waals surface area (Å²) in [6.07, 6.45) is 0. The first kappa shape index (κ1) is 17.8. The van der Waals surface area contributed by atoms with Crippen LogP contribution in [0, 0.1) is 5.39 Å². The lowest BCUT2D eigenvalue weighted by molar-refractivity contribution is -0.114. The summed E-state index contributed by atoms with van der Waals surface area (Å²) in [5.74, 6) is -0.189. The molecule has 0 bridgehead atoms. The predicted octanol–water partition coefficient (Wildman–Crippen LogP) is 2.18. The SMILES string of the molecule is CC(=O)Nc1ccccc1[N+]#N.O=S(=O)([O-])C(F)(F)F. The largest absolute Gasteiger partial charge is 0.741 e. The van der Waals surface area contributed by atoms with E-state index in [1.54, 1.807) is 24.3 Å². The van der Waals surface area contributed by atoms with Gasteiger partial charge in [0.15, 0.2) is 15.1 Å². The summed E-state index contributed by atoms with van der Waals surface area (Å²) in [4.78, 5) is 13.7. The van der Waals surface area contributed by atoms with Gasteiger partial charge in [-0.05, 0) is 6.07 Å². The molecule has 0 fully saturated rings. The van der Waals surface area contributed by atoms with Gasteiger partial charge in [-0.3, -0.25) is 4.79 Å². The van der Waals surface area contributed by atoms with E-state index in [1.165, 1.54) is 6.92 Å². The lowest BCUT2D eigenvalue weighted by Crippen LogP contribution is -2.21. The van der Waals surface area contributed by atoms with Crippen LogP contribution < -0.4 is 5.32 Å². The quantitative estimate of drug-likeness (QED) is 0.485. The van der Waals surface area contributed by atoms with Crippen LogP contribution in [-0.4, -0.2) is 24.4 Å². The van der Waals surface area contributed by atoms with Crippen LogP contribution in [0.4, 0.5) is 24.5 Å². The van der Waals surface area contributed by atoms with Crippen LogP contribution in [0.25, 0.3) is 4.98 Å². The summed E-state index contributed by atoms with van der Waals surface area (Å²) in [5, 5.41) is 11.0. The molecule has 1 rings (SSSR count). The molecule has 0 unspecified atom stereocenters. The first-order valence-corrected chi connectivity index (χ1v) is 6.13. The normalized spacial score (nSPS) is 10.8. The number of benzene rings is 1. The molecule has 7 nitrogen and oxygen atoms in total. The molecule has 1 aromatic carbocycles. The van der Waals surface area contributed by atoms with Gasteiger partial charge in [-0.2, -0.15) is 13.2 Å². The number of amides is 1. The molecule has 0 spiro atoms. The monoisotopic (exact) mass is 311 g/mol. The van der Waals surface area contributed by atoms with Crippen molar-refractivity contribution in [2.24, 2.45) is 0 Å². The van der Waals surface area contributed by atoms with Crippen molar-refractivity contribution in [3.05, 3.63) is 29.2 Å². The second-order valence-corrected chi connectivity index (χ2v) is 4.57. The highest BCUT2D eigenvalue weighted by Gasteiger charge is 2.36. The van der Waals surface area contributed by atoms with Gasteiger partial charge < -0.3 is 9.87 Å². The van der Waals surface area contributed by atoms with Gasteiger partial charge in [0.2, 0.25) is 11.3 Å². The molecule has 0 aliphatic rings. The Morgan fingerprint density at radius 2 is 1.80 bits per heavy atom. The van der Waals surface area contributed by atoms with Crippen molar-refractivity contribution in [1.29, 1.82) is 5.39 Å². The van der Waals surface area contributed by atoms with Crippen molar-refractivity contribution in [1.82, 2.24) is 0 Å². The first-order chi connectivity index (χ1) is 8.99. The van der Waals surface area contributed by atoms with Crippen LogP contribution in [0.5, 0.6) is 0 Å². The van der Waals surface area contributed by atoms with E-state index < -0.39 is 15.6 Å². The van der Waals surface area contributed by atoms with E-state index in [0.717, 1.165) is 0 Å². The number of rotatable bonds is 1. The summed E-state index contributed by atoms with van der Waals surface area (Å²) in [5.41, 5.74) is -4.78. The summed E-state index contributed by atoms with van der Waals surface area (Å²) < 4.78 is 58.9. The second-order valence-electron chi connectivity index (χ2n) is 3.20. The Bertz CT molecular complexity index is 622. The number of hydrogen-bond acceptors (Lipinski definition) is 5. The number of halogens is 3. The fourth-order valence-corrected chi connectivity index (χ4v) is 0.856. The molecule has 0 atom stereocenters. The topological polar surface area (TPSA) is 114 Å². The van der Waals surface area contributed by atoms with Crippen LogP contribution in [0.15, 0.2) is 24.3 Å². The zero-order chi connectivity index (χ0) is 16.0. The predicted molar refractivity (Wildman–Crippen MR) is 61.2 cm³/mol. The summed E-state index contributed by atoms with van der Waals surface area (Å²) in [6.45, 7) is 1.40. The van der Waals surface area contributed by atoms with Gasteiger partial charge in [-0.25, -0.2) is 8.42 Å². The van der Waals surface area contributed by atoms with E-state index in [2.05, 4.69) is 10.3 Å². The van der Waals surface area contributed by atoms with Crippen molar-refractivity contribution < 1.29 is 30.9 Å². The number of alkyl halides is 3. The highest BCUT2D eigenvalue weighted by Crippen LogP contribution is 2.23. The minimum absolute atomic E-state index is 0.189. The molecule has 1 N–H and O–H groups in total. The van der Waals surface area contributed by atoms with Crippen LogP contribution in [0.1, 0.15) is 6.92 Å². The molecule has 0 saturated heterocycles. The average Bonchev–Trinajstić information content (AvgIpc) is 2.27. The van der Waals surface area contributed by atoms with Crippen molar-refractivity contribution in [2.75, 3.05) is 5.32 Å². The average molecular weight is 311 g/mol. The molecule has 0 saturated carbocycles. The minimum Gasteiger partial charge on any atom is -0.741 e. The van der Waals surface area contributed by atoms with E-state index in [0.29, 0.717) is 11.4 Å². The van der Waals surface area contributed by atoms with E-state index in [1.807, 2.05) is 0 Å². The van der Waals surface area contributed by atoms with Crippen LogP contribution in [0.2, 0.25) is 0 Å². The van der Waals surface area contributed by atoms with E-state index in [4.69, 9.17) is 18.4 Å². The fourth-order valence-electron chi connectivity index (χ4n) is 0.856. The maximum Gasteiger partial charge on any atom is 0.485 e. The summed E-state index contributed by atoms with van der Waals surface area (Å²) >= 11 is 0. The third kappa shape index (κ3) is 6.12. The molecule has 1 amide bonds. The Kier molecular flexibility index (Phi) is 6.08. The smallest absolute Gasteiger partial charge is 0.485 e. The number of hydrogen-bond donors (Lipinski definition) is 1. The molecular weight excluding hydrogens is 303 g/mol. The van der Waals surface area contributed by atoms with Gasteiger partial charge >= 0.3 is 11.2 Å². The lowest BCUT2D eigenvalue weighted by Gasteiger charge is -2.08. The third-order valence-electron chi connectivity index (χ3n) is 1.61. The molecular formula is C9H8F3N3O4S. The number of para-hydroxylation sites is 1. The van der Waals surface area contributed by atoms with Crippen molar-refractivity contribution in [3.63, 3.8) is 0 Å². The third-order valence-corrected chi connectivity index (χ3v) is 2.17. The first-order valence-electron chi connectivity index (χ1n) is 4.73. The van der Waals surface area contributed by atoms with Crippen molar-refractivity contribution >= 4 is 27.4 Å². The fraction of sp³-hybridized carbons (Fsp3) is 0.222. The van der Waals surface area contributed by atoms with Crippen molar-refractivity contribution in [3.8, 4) is 0 Å². The van der Waals surface area contributed by atoms with Gasteiger partial charge in [0.05, 0.1) is 0 Å². The molecule has 20 heavy (non-hydrogen) atoms. The highest BCUT2D eigenvalue weighted by atomic mass is 32.2. The summed E-state index contributed by atoms with van der Waals surface area (Å²) in [7, 11) is -6.09. The number of nitrogens with zero attached hydrogens (tertiary/aromatic N) is 2. The number of diazo groups is 1. The molecule has 0 aliphatic heterocycles. The van der Waals surface area contributed by atoms with E-state index in [-0.39, 0.29) is 5.91 Å². The van der Waals surface area contributed by atoms with E-state index >= 15 is 0 Å². The molecule has 11 heteroatoms. The number of nitrogens with one attached hydrogen (secondary N) is 1.